The molecule has 0 bridgehead atoms. The van der Waals surface area contributed by atoms with Crippen LogP contribution in [-0.4, -0.2) is 41.0 Å². The molecule has 134 valence electrons. The lowest BCUT2D eigenvalue weighted by molar-refractivity contribution is -0.137. The second-order valence-corrected chi connectivity index (χ2v) is 5.41. The van der Waals surface area contributed by atoms with Gasteiger partial charge in [-0.25, -0.2) is 4.98 Å². The first-order valence-electron chi connectivity index (χ1n) is 7.24. The molecule has 1 unspecified atom stereocenters. The first-order valence-corrected chi connectivity index (χ1v) is 7.24. The average molecular weight is 355 g/mol. The fourth-order valence-corrected chi connectivity index (χ4v) is 2.25. The molecule has 0 saturated heterocycles. The van der Waals surface area contributed by atoms with Gasteiger partial charge in [-0.2, -0.15) is 18.3 Å². The number of aromatic nitrogens is 3. The van der Waals surface area contributed by atoms with Crippen molar-refractivity contribution in [3.05, 3.63) is 41.5 Å². The molecule has 0 aliphatic carbocycles. The Labute approximate surface area is 141 Å². The molecule has 1 heterocycles. The van der Waals surface area contributed by atoms with Gasteiger partial charge in [0.05, 0.1) is 18.2 Å². The lowest BCUT2D eigenvalue weighted by Crippen LogP contribution is -2.37. The molecule has 1 amide bonds. The number of alkyl halides is 3. The van der Waals surface area contributed by atoms with Crippen molar-refractivity contribution in [2.24, 2.45) is 0 Å². The number of nitrogens with zero attached hydrogens (tertiary/aromatic N) is 3. The summed E-state index contributed by atoms with van der Waals surface area (Å²) in [6.07, 6.45) is -2.91. The molecule has 2 rings (SSSR count). The number of H-pyrrole nitrogens is 1. The number of anilines is 1. The van der Waals surface area contributed by atoms with Crippen LogP contribution in [0.4, 0.5) is 18.9 Å². The Bertz CT molecular complexity index is 746. The maximum atomic E-state index is 12.7. The summed E-state index contributed by atoms with van der Waals surface area (Å²) in [6.45, 7) is 1.55. The molecule has 0 aliphatic rings. The highest BCUT2D eigenvalue weighted by atomic mass is 19.4. The van der Waals surface area contributed by atoms with Crippen molar-refractivity contribution >= 4 is 17.9 Å². The summed E-state index contributed by atoms with van der Waals surface area (Å²) in [4.78, 5) is 28.5. The van der Waals surface area contributed by atoms with E-state index < -0.39 is 17.8 Å². The molecule has 0 radical (unpaired) electrons. The number of likely N-dealkylation sites (N-methyl/N-ethyl adjacent to an activating group) is 1. The smallest absolute Gasteiger partial charge is 0.365 e. The van der Waals surface area contributed by atoms with E-state index in [-0.39, 0.29) is 23.7 Å². The zero-order chi connectivity index (χ0) is 18.6. The normalized spacial score (nSPS) is 12.5. The summed E-state index contributed by atoms with van der Waals surface area (Å²) in [5.74, 6) is 0.0854. The number of halogens is 3. The monoisotopic (exact) mass is 355 g/mol. The largest absolute Gasteiger partial charge is 0.416 e. The fourth-order valence-electron chi connectivity index (χ4n) is 2.25. The summed E-state index contributed by atoms with van der Waals surface area (Å²) >= 11 is 0. The standard InChI is InChI=1S/C15H16F3N5O2/c1-9(14-19-8-20-22-14)21-13(25)6-23(2)12-4-3-11(15(16,17)18)5-10(12)7-24/h3-5,7-9H,6H2,1-2H3,(H,21,25)(H,19,20,22). The number of hydrogen-bond acceptors (Lipinski definition) is 5. The molecule has 10 heteroatoms. The van der Waals surface area contributed by atoms with Crippen LogP contribution in [0.15, 0.2) is 24.5 Å². The van der Waals surface area contributed by atoms with E-state index in [9.17, 15) is 22.8 Å². The summed E-state index contributed by atoms with van der Waals surface area (Å²) in [5.41, 5.74) is -0.839. The number of carbonyl (C=O) groups is 2. The van der Waals surface area contributed by atoms with Gasteiger partial charge in [0.2, 0.25) is 5.91 Å². The van der Waals surface area contributed by atoms with Gasteiger partial charge < -0.3 is 10.2 Å². The average Bonchev–Trinajstić information content (AvgIpc) is 3.07. The first-order chi connectivity index (χ1) is 11.7. The molecule has 0 fully saturated rings. The number of benzene rings is 1. The molecule has 1 aromatic carbocycles. The van der Waals surface area contributed by atoms with Gasteiger partial charge in [-0.3, -0.25) is 14.7 Å². The SMILES string of the molecule is CC(NC(=O)CN(C)c1ccc(C(F)(F)F)cc1C=O)c1ncn[nH]1. The van der Waals surface area contributed by atoms with Crippen LogP contribution in [0, 0.1) is 0 Å². The quantitative estimate of drug-likeness (QED) is 0.773. The van der Waals surface area contributed by atoms with E-state index >= 15 is 0 Å². The van der Waals surface area contributed by atoms with Gasteiger partial charge in [-0.1, -0.05) is 0 Å². The van der Waals surface area contributed by atoms with Crippen LogP contribution < -0.4 is 10.2 Å². The highest BCUT2D eigenvalue weighted by Gasteiger charge is 2.31. The predicted octanol–water partition coefficient (Wildman–Crippen LogP) is 1.95. The van der Waals surface area contributed by atoms with Crippen LogP contribution in [0.3, 0.4) is 0 Å². The number of aromatic amines is 1. The Morgan fingerprint density at radius 3 is 2.72 bits per heavy atom. The summed E-state index contributed by atoms with van der Waals surface area (Å²) in [5, 5.41) is 8.98. The summed E-state index contributed by atoms with van der Waals surface area (Å²) in [6, 6.07) is 2.38. The van der Waals surface area contributed by atoms with Crippen molar-refractivity contribution in [1.82, 2.24) is 20.5 Å². The lowest BCUT2D eigenvalue weighted by atomic mass is 10.1. The van der Waals surface area contributed by atoms with E-state index in [0.717, 1.165) is 12.1 Å². The number of aldehydes is 1. The minimum atomic E-state index is -4.54. The summed E-state index contributed by atoms with van der Waals surface area (Å²) in [7, 11) is 1.51. The van der Waals surface area contributed by atoms with Crippen LogP contribution in [0.2, 0.25) is 0 Å². The van der Waals surface area contributed by atoms with E-state index in [1.807, 2.05) is 0 Å². The zero-order valence-electron chi connectivity index (χ0n) is 13.5. The highest BCUT2D eigenvalue weighted by Crippen LogP contribution is 2.32. The molecule has 0 saturated carbocycles. The maximum absolute atomic E-state index is 12.7. The van der Waals surface area contributed by atoms with Crippen LogP contribution >= 0.6 is 0 Å². The molecule has 0 aliphatic heterocycles. The van der Waals surface area contributed by atoms with Crippen molar-refractivity contribution < 1.29 is 22.8 Å². The molecule has 1 atom stereocenters. The number of hydrogen-bond donors (Lipinski definition) is 2. The molecular formula is C15H16F3N5O2. The zero-order valence-corrected chi connectivity index (χ0v) is 13.5. The van der Waals surface area contributed by atoms with Gasteiger partial charge in [-0.15, -0.1) is 0 Å². The highest BCUT2D eigenvalue weighted by molar-refractivity contribution is 5.88. The molecule has 1 aromatic heterocycles. The molecule has 2 aromatic rings. The van der Waals surface area contributed by atoms with Crippen molar-refractivity contribution in [2.75, 3.05) is 18.5 Å². The number of carbonyl (C=O) groups excluding carboxylic acids is 2. The van der Waals surface area contributed by atoms with Crippen LogP contribution in [-0.2, 0) is 11.0 Å². The maximum Gasteiger partial charge on any atom is 0.416 e. The van der Waals surface area contributed by atoms with E-state index in [0.29, 0.717) is 12.1 Å². The van der Waals surface area contributed by atoms with E-state index in [1.54, 1.807) is 6.92 Å². The fraction of sp³-hybridized carbons (Fsp3) is 0.333. The van der Waals surface area contributed by atoms with Crippen molar-refractivity contribution in [3.8, 4) is 0 Å². The van der Waals surface area contributed by atoms with Crippen molar-refractivity contribution in [3.63, 3.8) is 0 Å². The van der Waals surface area contributed by atoms with Gasteiger partial charge in [0.25, 0.3) is 0 Å². The van der Waals surface area contributed by atoms with Crippen LogP contribution in [0.1, 0.15) is 34.7 Å². The van der Waals surface area contributed by atoms with Crippen LogP contribution in [0.5, 0.6) is 0 Å². The Morgan fingerprint density at radius 2 is 2.16 bits per heavy atom. The van der Waals surface area contributed by atoms with Gasteiger partial charge in [-0.05, 0) is 25.1 Å². The number of rotatable bonds is 6. The Balaban J connectivity index is 2.08. The second-order valence-electron chi connectivity index (χ2n) is 5.41. The number of amides is 1. The van der Waals surface area contributed by atoms with E-state index in [1.165, 1.54) is 24.3 Å². The lowest BCUT2D eigenvalue weighted by Gasteiger charge is -2.22. The van der Waals surface area contributed by atoms with Gasteiger partial charge >= 0.3 is 6.18 Å². The Kier molecular flexibility index (Phi) is 5.40. The number of nitrogens with one attached hydrogen (secondary N) is 2. The third-order valence-corrected chi connectivity index (χ3v) is 3.50. The minimum absolute atomic E-state index is 0.145. The van der Waals surface area contributed by atoms with Gasteiger partial charge in [0.15, 0.2) is 6.29 Å². The Morgan fingerprint density at radius 1 is 1.44 bits per heavy atom. The van der Waals surface area contributed by atoms with Crippen molar-refractivity contribution in [1.29, 1.82) is 0 Å². The van der Waals surface area contributed by atoms with Gasteiger partial charge in [0.1, 0.15) is 12.2 Å². The van der Waals surface area contributed by atoms with E-state index in [2.05, 4.69) is 20.5 Å². The molecule has 25 heavy (non-hydrogen) atoms. The van der Waals surface area contributed by atoms with Crippen molar-refractivity contribution in [2.45, 2.75) is 19.1 Å². The minimum Gasteiger partial charge on any atom is -0.365 e. The molecular weight excluding hydrogens is 339 g/mol. The Hall–Kier alpha value is -2.91. The van der Waals surface area contributed by atoms with Crippen LogP contribution in [0.25, 0.3) is 0 Å². The molecule has 7 nitrogen and oxygen atoms in total. The topological polar surface area (TPSA) is 91.0 Å². The summed E-state index contributed by atoms with van der Waals surface area (Å²) < 4.78 is 38.2. The second kappa shape index (κ2) is 7.32. The molecule has 2 N–H and O–H groups in total. The van der Waals surface area contributed by atoms with E-state index in [4.69, 9.17) is 0 Å². The first kappa shape index (κ1) is 18.4. The third kappa shape index (κ3) is 4.55. The van der Waals surface area contributed by atoms with Gasteiger partial charge in [0, 0.05) is 18.3 Å². The predicted molar refractivity (Wildman–Crippen MR) is 83.0 cm³/mol. The molecule has 0 spiro atoms. The third-order valence-electron chi connectivity index (χ3n) is 3.50.